The van der Waals surface area contributed by atoms with Crippen LogP contribution in [0.15, 0.2) is 16.9 Å². The van der Waals surface area contributed by atoms with Crippen LogP contribution >= 0.6 is 34.9 Å². The summed E-state index contributed by atoms with van der Waals surface area (Å²) in [6, 6.07) is 4.15. The van der Waals surface area contributed by atoms with Crippen molar-refractivity contribution in [1.29, 1.82) is 0 Å². The van der Waals surface area contributed by atoms with Crippen molar-refractivity contribution in [2.75, 3.05) is 0 Å². The molecular formula is C15H14N2OS3. The number of aromatic amines is 1. The first-order valence-corrected chi connectivity index (χ1v) is 9.00. The Kier molecular flexibility index (Phi) is 3.13. The third kappa shape index (κ3) is 2.13. The number of aromatic nitrogens is 2. The Hall–Kier alpha value is -1.24. The summed E-state index contributed by atoms with van der Waals surface area (Å²) in [5, 5.41) is 0.870. The van der Waals surface area contributed by atoms with Gasteiger partial charge in [0, 0.05) is 14.6 Å². The van der Waals surface area contributed by atoms with Crippen LogP contribution in [0.2, 0.25) is 0 Å². The highest BCUT2D eigenvalue weighted by molar-refractivity contribution is 7.71. The van der Waals surface area contributed by atoms with Gasteiger partial charge < -0.3 is 4.98 Å². The van der Waals surface area contributed by atoms with Gasteiger partial charge in [-0.25, -0.2) is 0 Å². The van der Waals surface area contributed by atoms with Crippen LogP contribution in [0.5, 0.6) is 0 Å². The largest absolute Gasteiger partial charge is 0.323 e. The normalized spacial score (nSPS) is 14.0. The summed E-state index contributed by atoms with van der Waals surface area (Å²) in [6.45, 7) is 2.64. The van der Waals surface area contributed by atoms with Gasteiger partial charge in [-0.1, -0.05) is 0 Å². The van der Waals surface area contributed by atoms with Gasteiger partial charge in [0.1, 0.15) is 4.83 Å². The van der Waals surface area contributed by atoms with E-state index in [0.29, 0.717) is 11.3 Å². The van der Waals surface area contributed by atoms with E-state index in [0.717, 1.165) is 29.5 Å². The Bertz CT molecular complexity index is 958. The van der Waals surface area contributed by atoms with Gasteiger partial charge in [-0.05, 0) is 56.1 Å². The second-order valence-corrected chi connectivity index (χ2v) is 8.26. The Morgan fingerprint density at radius 1 is 1.33 bits per heavy atom. The van der Waals surface area contributed by atoms with E-state index in [1.807, 2.05) is 0 Å². The summed E-state index contributed by atoms with van der Waals surface area (Å²) in [5.74, 6) is 0. The summed E-state index contributed by atoms with van der Waals surface area (Å²) in [4.78, 5) is 20.9. The minimum atomic E-state index is 0.0687. The quantitative estimate of drug-likeness (QED) is 0.719. The molecule has 0 bridgehead atoms. The van der Waals surface area contributed by atoms with Crippen molar-refractivity contribution < 1.29 is 0 Å². The number of rotatable bonds is 2. The maximum atomic E-state index is 12.9. The van der Waals surface area contributed by atoms with E-state index in [4.69, 9.17) is 12.2 Å². The van der Waals surface area contributed by atoms with Gasteiger partial charge in [-0.15, -0.1) is 22.7 Å². The summed E-state index contributed by atoms with van der Waals surface area (Å²) in [6.07, 6.45) is 3.28. The van der Waals surface area contributed by atoms with Crippen molar-refractivity contribution in [3.8, 4) is 0 Å². The average molecular weight is 334 g/mol. The van der Waals surface area contributed by atoms with Gasteiger partial charge in [-0.3, -0.25) is 9.36 Å². The Morgan fingerprint density at radius 2 is 2.19 bits per heavy atom. The summed E-state index contributed by atoms with van der Waals surface area (Å²) < 4.78 is 2.23. The lowest BCUT2D eigenvalue weighted by Gasteiger charge is -2.05. The van der Waals surface area contributed by atoms with E-state index in [2.05, 4.69) is 24.0 Å². The number of nitrogens with zero attached hydrogens (tertiary/aromatic N) is 1. The molecule has 1 aliphatic carbocycles. The number of nitrogens with one attached hydrogen (secondary N) is 1. The number of fused-ring (bicyclic) bond motifs is 3. The Labute approximate surface area is 134 Å². The lowest BCUT2D eigenvalue weighted by Crippen LogP contribution is -2.22. The number of aryl methyl sites for hydroxylation is 3. The smallest absolute Gasteiger partial charge is 0.263 e. The van der Waals surface area contributed by atoms with Crippen LogP contribution < -0.4 is 5.56 Å². The summed E-state index contributed by atoms with van der Waals surface area (Å²) >= 11 is 8.81. The average Bonchev–Trinajstić information content (AvgIpc) is 3.10. The minimum Gasteiger partial charge on any atom is -0.323 e. The van der Waals surface area contributed by atoms with Gasteiger partial charge >= 0.3 is 0 Å². The fourth-order valence-corrected chi connectivity index (χ4v) is 5.45. The predicted octanol–water partition coefficient (Wildman–Crippen LogP) is 4.03. The van der Waals surface area contributed by atoms with Crippen LogP contribution in [0.3, 0.4) is 0 Å². The summed E-state index contributed by atoms with van der Waals surface area (Å²) in [7, 11) is 0. The van der Waals surface area contributed by atoms with Crippen LogP contribution in [-0.4, -0.2) is 9.55 Å². The van der Waals surface area contributed by atoms with Crippen molar-refractivity contribution in [1.82, 2.24) is 9.55 Å². The fraction of sp³-hybridized carbons (Fsp3) is 0.333. The number of hydrogen-bond acceptors (Lipinski definition) is 4. The SMILES string of the molecule is Cc1ccc(Cn2c(=S)[nH]c3sc4c(c3c2=O)CCC4)s1. The maximum Gasteiger partial charge on any atom is 0.263 e. The molecule has 21 heavy (non-hydrogen) atoms. The highest BCUT2D eigenvalue weighted by atomic mass is 32.1. The van der Waals surface area contributed by atoms with Gasteiger partial charge in [0.15, 0.2) is 4.77 Å². The van der Waals surface area contributed by atoms with E-state index >= 15 is 0 Å². The lowest BCUT2D eigenvalue weighted by atomic mass is 10.2. The first-order chi connectivity index (χ1) is 10.1. The second kappa shape index (κ2) is 4.90. The lowest BCUT2D eigenvalue weighted by molar-refractivity contribution is 0.744. The van der Waals surface area contributed by atoms with E-state index < -0.39 is 0 Å². The number of hydrogen-bond donors (Lipinski definition) is 1. The van der Waals surface area contributed by atoms with Gasteiger partial charge in [0.05, 0.1) is 11.9 Å². The zero-order valence-corrected chi connectivity index (χ0v) is 14.0. The van der Waals surface area contributed by atoms with Gasteiger partial charge in [-0.2, -0.15) is 0 Å². The first kappa shape index (κ1) is 13.4. The van der Waals surface area contributed by atoms with Crippen molar-refractivity contribution >= 4 is 45.1 Å². The van der Waals surface area contributed by atoms with Gasteiger partial charge in [0.2, 0.25) is 0 Å². The summed E-state index contributed by atoms with van der Waals surface area (Å²) in [5.41, 5.74) is 1.32. The Balaban J connectivity index is 1.93. The molecule has 0 fully saturated rings. The Morgan fingerprint density at radius 3 is 2.95 bits per heavy atom. The van der Waals surface area contributed by atoms with Crippen LogP contribution in [-0.2, 0) is 19.4 Å². The second-order valence-electron chi connectivity index (χ2n) is 5.40. The molecule has 3 aromatic rings. The molecule has 6 heteroatoms. The van der Waals surface area contributed by atoms with E-state index in [-0.39, 0.29) is 5.56 Å². The van der Waals surface area contributed by atoms with E-state index in [1.165, 1.54) is 20.2 Å². The zero-order valence-electron chi connectivity index (χ0n) is 11.6. The van der Waals surface area contributed by atoms with Crippen LogP contribution in [0.25, 0.3) is 10.2 Å². The van der Waals surface area contributed by atoms with Crippen LogP contribution in [0.1, 0.15) is 26.6 Å². The third-order valence-electron chi connectivity index (χ3n) is 3.96. The predicted molar refractivity (Wildman–Crippen MR) is 91.5 cm³/mol. The highest BCUT2D eigenvalue weighted by Crippen LogP contribution is 2.34. The molecule has 1 aliphatic rings. The van der Waals surface area contributed by atoms with Crippen molar-refractivity contribution in [2.45, 2.75) is 32.7 Å². The molecule has 3 aromatic heterocycles. The molecule has 3 heterocycles. The molecule has 3 nitrogen and oxygen atoms in total. The highest BCUT2D eigenvalue weighted by Gasteiger charge is 2.21. The topological polar surface area (TPSA) is 37.8 Å². The molecule has 1 N–H and O–H groups in total. The van der Waals surface area contributed by atoms with Crippen molar-refractivity contribution in [3.63, 3.8) is 0 Å². The molecular weight excluding hydrogens is 320 g/mol. The molecule has 0 spiro atoms. The molecule has 108 valence electrons. The van der Waals surface area contributed by atoms with E-state index in [1.54, 1.807) is 27.2 Å². The third-order valence-corrected chi connectivity index (χ3v) is 6.47. The number of thiophene rings is 2. The molecule has 0 radical (unpaired) electrons. The molecule has 0 aliphatic heterocycles. The standard InChI is InChI=1S/C15H14N2OS3/c1-8-5-6-9(20-8)7-17-14(18)12-10-3-2-4-11(10)21-13(12)16-15(17)19/h5-6H,2-4,7H2,1H3,(H,16,19). The molecule has 0 saturated heterocycles. The molecule has 0 amide bonds. The number of H-pyrrole nitrogens is 1. The molecule has 4 rings (SSSR count). The van der Waals surface area contributed by atoms with Crippen molar-refractivity contribution in [3.05, 3.63) is 47.5 Å². The van der Waals surface area contributed by atoms with Crippen LogP contribution in [0, 0.1) is 11.7 Å². The monoisotopic (exact) mass is 334 g/mol. The fourth-order valence-electron chi connectivity index (χ4n) is 2.98. The molecule has 0 saturated carbocycles. The maximum absolute atomic E-state index is 12.9. The van der Waals surface area contributed by atoms with E-state index in [9.17, 15) is 4.79 Å². The molecule has 0 unspecified atom stereocenters. The minimum absolute atomic E-state index is 0.0687. The van der Waals surface area contributed by atoms with Crippen LogP contribution in [0.4, 0.5) is 0 Å². The zero-order chi connectivity index (χ0) is 14.6. The van der Waals surface area contributed by atoms with Gasteiger partial charge in [0.25, 0.3) is 5.56 Å². The van der Waals surface area contributed by atoms with Crippen molar-refractivity contribution in [2.24, 2.45) is 0 Å². The first-order valence-electron chi connectivity index (χ1n) is 6.96. The molecule has 0 aromatic carbocycles. The molecule has 0 atom stereocenters.